The summed E-state index contributed by atoms with van der Waals surface area (Å²) in [6.07, 6.45) is 5.13. The average Bonchev–Trinajstić information content (AvgIpc) is 3.35. The molecule has 0 bridgehead atoms. The highest BCUT2D eigenvalue weighted by Gasteiger charge is 2.26. The van der Waals surface area contributed by atoms with Crippen LogP contribution in [-0.4, -0.2) is 41.5 Å². The van der Waals surface area contributed by atoms with E-state index in [1.165, 1.54) is 6.26 Å². The average molecular weight is 398 g/mol. The van der Waals surface area contributed by atoms with Gasteiger partial charge >= 0.3 is 5.97 Å². The van der Waals surface area contributed by atoms with Gasteiger partial charge in [-0.25, -0.2) is 9.78 Å². The van der Waals surface area contributed by atoms with Crippen molar-refractivity contribution in [1.29, 1.82) is 0 Å². The number of rotatable bonds is 10. The predicted octanol–water partition coefficient (Wildman–Crippen LogP) is 2.56. The van der Waals surface area contributed by atoms with E-state index in [-0.39, 0.29) is 5.69 Å². The van der Waals surface area contributed by atoms with E-state index in [1.54, 1.807) is 7.05 Å². The minimum absolute atomic E-state index is 0.125. The molecule has 3 N–H and O–H groups in total. The number of carbonyl (C=O) groups excluding carboxylic acids is 2. The molecule has 0 aliphatic carbocycles. The summed E-state index contributed by atoms with van der Waals surface area (Å²) < 4.78 is 10.6. The summed E-state index contributed by atoms with van der Waals surface area (Å²) in [6.45, 7) is 2.75. The summed E-state index contributed by atoms with van der Waals surface area (Å²) >= 11 is 0. The number of nitrogens with zero attached hydrogens (tertiary/aromatic N) is 1. The number of aromatic amines is 1. The van der Waals surface area contributed by atoms with Crippen LogP contribution in [0.25, 0.3) is 10.9 Å². The van der Waals surface area contributed by atoms with Gasteiger partial charge in [-0.05, 0) is 25.1 Å². The number of unbranched alkanes of at least 4 members (excludes halogenated alkanes) is 1. The van der Waals surface area contributed by atoms with Crippen LogP contribution in [0.15, 0.2) is 41.1 Å². The zero-order chi connectivity index (χ0) is 20.6. The standard InChI is InChI=1S/C21H26N4O4/c1-3-4-9-28-21(27)17(10-14-11-23-16-8-6-5-7-15(14)16)25-20(26)18-13-29-19(24-18)12-22-2/h5-8,11,13,17,22-23H,3-4,9-10,12H2,1-2H3,(H,25,26). The molecule has 2 heterocycles. The second-order valence-electron chi connectivity index (χ2n) is 6.77. The van der Waals surface area contributed by atoms with Gasteiger partial charge in [0.2, 0.25) is 5.89 Å². The van der Waals surface area contributed by atoms with Crippen molar-refractivity contribution in [2.45, 2.75) is 38.8 Å². The lowest BCUT2D eigenvalue weighted by atomic mass is 10.0. The summed E-state index contributed by atoms with van der Waals surface area (Å²) in [4.78, 5) is 32.6. The lowest BCUT2D eigenvalue weighted by Gasteiger charge is -2.17. The number of hydrogen-bond donors (Lipinski definition) is 3. The Morgan fingerprint density at radius 1 is 1.31 bits per heavy atom. The van der Waals surface area contributed by atoms with Crippen LogP contribution in [0.2, 0.25) is 0 Å². The van der Waals surface area contributed by atoms with Gasteiger partial charge < -0.3 is 24.8 Å². The summed E-state index contributed by atoms with van der Waals surface area (Å²) in [5, 5.41) is 6.66. The number of benzene rings is 1. The third-order valence-corrected chi connectivity index (χ3v) is 4.54. The van der Waals surface area contributed by atoms with Gasteiger partial charge in [0.15, 0.2) is 5.69 Å². The van der Waals surface area contributed by atoms with Crippen molar-refractivity contribution in [2.75, 3.05) is 13.7 Å². The molecular formula is C21H26N4O4. The van der Waals surface area contributed by atoms with Crippen LogP contribution in [0.1, 0.15) is 41.7 Å². The monoisotopic (exact) mass is 398 g/mol. The van der Waals surface area contributed by atoms with Crippen molar-refractivity contribution in [3.63, 3.8) is 0 Å². The van der Waals surface area contributed by atoms with E-state index in [0.29, 0.717) is 25.5 Å². The molecule has 0 fully saturated rings. The van der Waals surface area contributed by atoms with E-state index >= 15 is 0 Å². The first-order chi connectivity index (χ1) is 14.1. The smallest absolute Gasteiger partial charge is 0.328 e. The Balaban J connectivity index is 1.76. The maximum atomic E-state index is 12.7. The summed E-state index contributed by atoms with van der Waals surface area (Å²) in [5.74, 6) is -0.541. The Kier molecular flexibility index (Phi) is 7.02. The summed E-state index contributed by atoms with van der Waals surface area (Å²) in [5.41, 5.74) is 2.02. The maximum Gasteiger partial charge on any atom is 0.328 e. The van der Waals surface area contributed by atoms with Gasteiger partial charge in [0, 0.05) is 23.5 Å². The Labute approximate surface area is 169 Å². The number of H-pyrrole nitrogens is 1. The number of ether oxygens (including phenoxy) is 1. The van der Waals surface area contributed by atoms with Gasteiger partial charge in [0.25, 0.3) is 5.91 Å². The second-order valence-corrected chi connectivity index (χ2v) is 6.77. The lowest BCUT2D eigenvalue weighted by molar-refractivity contribution is -0.146. The van der Waals surface area contributed by atoms with Crippen LogP contribution in [0.4, 0.5) is 0 Å². The topological polar surface area (TPSA) is 109 Å². The van der Waals surface area contributed by atoms with E-state index in [9.17, 15) is 9.59 Å². The molecule has 0 aliphatic heterocycles. The van der Waals surface area contributed by atoms with Crippen molar-refractivity contribution in [3.05, 3.63) is 53.9 Å². The summed E-state index contributed by atoms with van der Waals surface area (Å²) in [7, 11) is 1.76. The van der Waals surface area contributed by atoms with E-state index in [0.717, 1.165) is 29.3 Å². The molecule has 1 aromatic carbocycles. The molecule has 1 amide bonds. The Morgan fingerprint density at radius 3 is 2.93 bits per heavy atom. The fraction of sp³-hybridized carbons (Fsp3) is 0.381. The number of esters is 1. The number of fused-ring (bicyclic) bond motifs is 1. The lowest BCUT2D eigenvalue weighted by Crippen LogP contribution is -2.43. The van der Waals surface area contributed by atoms with Gasteiger partial charge in [0.05, 0.1) is 13.2 Å². The molecule has 0 saturated heterocycles. The Bertz CT molecular complexity index is 962. The normalized spacial score (nSPS) is 12.1. The zero-order valence-corrected chi connectivity index (χ0v) is 16.7. The van der Waals surface area contributed by atoms with Gasteiger partial charge in [-0.1, -0.05) is 31.5 Å². The van der Waals surface area contributed by atoms with Crippen LogP contribution >= 0.6 is 0 Å². The Morgan fingerprint density at radius 2 is 2.14 bits per heavy atom. The van der Waals surface area contributed by atoms with E-state index < -0.39 is 17.9 Å². The third-order valence-electron chi connectivity index (χ3n) is 4.54. The third kappa shape index (κ3) is 5.23. The number of nitrogens with one attached hydrogen (secondary N) is 3. The SMILES string of the molecule is CCCCOC(=O)C(Cc1c[nH]c2ccccc12)NC(=O)c1coc(CNC)n1. The van der Waals surface area contributed by atoms with Crippen molar-refractivity contribution >= 4 is 22.8 Å². The van der Waals surface area contributed by atoms with Crippen molar-refractivity contribution in [2.24, 2.45) is 0 Å². The molecule has 0 saturated carbocycles. The molecule has 1 unspecified atom stereocenters. The molecule has 2 aromatic heterocycles. The van der Waals surface area contributed by atoms with E-state index in [4.69, 9.17) is 9.15 Å². The molecule has 154 valence electrons. The highest BCUT2D eigenvalue weighted by atomic mass is 16.5. The minimum atomic E-state index is -0.831. The van der Waals surface area contributed by atoms with Crippen LogP contribution in [0.5, 0.6) is 0 Å². The maximum absolute atomic E-state index is 12.7. The fourth-order valence-electron chi connectivity index (χ4n) is 3.01. The van der Waals surface area contributed by atoms with E-state index in [2.05, 4.69) is 20.6 Å². The number of amides is 1. The van der Waals surface area contributed by atoms with Crippen LogP contribution in [0.3, 0.4) is 0 Å². The molecule has 0 radical (unpaired) electrons. The first-order valence-electron chi connectivity index (χ1n) is 9.73. The molecule has 0 aliphatic rings. The first kappa shape index (κ1) is 20.6. The number of aromatic nitrogens is 2. The highest BCUT2D eigenvalue weighted by molar-refractivity contribution is 5.95. The molecule has 8 heteroatoms. The number of carbonyl (C=O) groups is 2. The summed E-state index contributed by atoms with van der Waals surface area (Å²) in [6, 6.07) is 6.98. The zero-order valence-electron chi connectivity index (χ0n) is 16.7. The van der Waals surface area contributed by atoms with Gasteiger partial charge in [-0.2, -0.15) is 0 Å². The van der Waals surface area contributed by atoms with Gasteiger partial charge in [-0.3, -0.25) is 4.79 Å². The largest absolute Gasteiger partial charge is 0.464 e. The van der Waals surface area contributed by atoms with Crippen LogP contribution in [0, 0.1) is 0 Å². The molecule has 3 aromatic rings. The molecule has 8 nitrogen and oxygen atoms in total. The second kappa shape index (κ2) is 9.88. The van der Waals surface area contributed by atoms with Crippen LogP contribution < -0.4 is 10.6 Å². The number of hydrogen-bond acceptors (Lipinski definition) is 6. The molecule has 0 spiro atoms. The first-order valence-corrected chi connectivity index (χ1v) is 9.73. The molecule has 29 heavy (non-hydrogen) atoms. The van der Waals surface area contributed by atoms with Crippen molar-refractivity contribution in [3.8, 4) is 0 Å². The Hall–Kier alpha value is -3.13. The van der Waals surface area contributed by atoms with Gasteiger partial charge in [-0.15, -0.1) is 0 Å². The number of para-hydroxylation sites is 1. The van der Waals surface area contributed by atoms with Crippen molar-refractivity contribution in [1.82, 2.24) is 20.6 Å². The molecule has 1 atom stereocenters. The van der Waals surface area contributed by atoms with E-state index in [1.807, 2.05) is 37.4 Å². The van der Waals surface area contributed by atoms with Crippen molar-refractivity contribution < 1.29 is 18.7 Å². The predicted molar refractivity (Wildman–Crippen MR) is 108 cm³/mol. The molecule has 3 rings (SSSR count). The highest BCUT2D eigenvalue weighted by Crippen LogP contribution is 2.19. The number of oxazole rings is 1. The van der Waals surface area contributed by atoms with Crippen LogP contribution in [-0.2, 0) is 22.5 Å². The molecular weight excluding hydrogens is 372 g/mol. The minimum Gasteiger partial charge on any atom is -0.464 e. The quantitative estimate of drug-likeness (QED) is 0.358. The fourth-order valence-corrected chi connectivity index (χ4v) is 3.01. The van der Waals surface area contributed by atoms with Gasteiger partial charge in [0.1, 0.15) is 12.3 Å².